The molecule has 0 bridgehead atoms. The lowest BCUT2D eigenvalue weighted by atomic mass is 9.85. The first-order chi connectivity index (χ1) is 17.5. The maximum absolute atomic E-state index is 5.03. The Morgan fingerprint density at radius 2 is 1.89 bits per heavy atom. The van der Waals surface area contributed by atoms with Gasteiger partial charge in [-0.1, -0.05) is 69.7 Å². The van der Waals surface area contributed by atoms with Gasteiger partial charge in [0.25, 0.3) is 0 Å². The first-order valence-electron chi connectivity index (χ1n) is 14.5. The number of piperazine rings is 1. The lowest BCUT2D eigenvalue weighted by Crippen LogP contribution is -2.49. The van der Waals surface area contributed by atoms with E-state index in [-0.39, 0.29) is 5.92 Å². The van der Waals surface area contributed by atoms with E-state index in [4.69, 9.17) is 5.10 Å². The number of likely N-dealkylation sites (N-methyl/N-ethyl adjacent to an activating group) is 1. The van der Waals surface area contributed by atoms with E-state index in [1.165, 1.54) is 68.0 Å². The molecule has 2 fully saturated rings. The average Bonchev–Trinajstić information content (AvgIpc) is 3.25. The quantitative estimate of drug-likeness (QED) is 0.339. The standard InChI is InChI=1S/C31H49N5/c1-6-7-17-27(25(3)32-4)30-28-18-12-19-29(31(28)34(5)33-30)36-22-20-35(21-23-36)24(2)13-11-16-26-14-9-8-10-15-26/h6,12,18-19,24,26-27,32H,1,3,7-11,13-17,20-23H2,2,4-5H3/t24-,27?/m0/s1. The molecule has 0 radical (unpaired) electrons. The third kappa shape index (κ3) is 6.16. The molecule has 1 aromatic heterocycles. The number of aromatic nitrogens is 2. The molecule has 1 aliphatic carbocycles. The van der Waals surface area contributed by atoms with Crippen molar-refractivity contribution in [1.29, 1.82) is 0 Å². The van der Waals surface area contributed by atoms with E-state index >= 15 is 0 Å². The van der Waals surface area contributed by atoms with Gasteiger partial charge in [0.2, 0.25) is 0 Å². The van der Waals surface area contributed by atoms with Crippen molar-refractivity contribution < 1.29 is 0 Å². The number of benzene rings is 1. The highest BCUT2D eigenvalue weighted by molar-refractivity contribution is 5.93. The zero-order valence-corrected chi connectivity index (χ0v) is 23.1. The van der Waals surface area contributed by atoms with E-state index in [0.29, 0.717) is 6.04 Å². The smallest absolute Gasteiger partial charge is 0.0915 e. The molecule has 4 rings (SSSR count). The molecule has 0 spiro atoms. The van der Waals surface area contributed by atoms with Crippen LogP contribution in [0.25, 0.3) is 10.9 Å². The Morgan fingerprint density at radius 3 is 2.58 bits per heavy atom. The Hall–Kier alpha value is -2.27. The average molecular weight is 492 g/mol. The van der Waals surface area contributed by atoms with Gasteiger partial charge >= 0.3 is 0 Å². The molecule has 1 aliphatic heterocycles. The van der Waals surface area contributed by atoms with Gasteiger partial charge in [-0.2, -0.15) is 5.10 Å². The van der Waals surface area contributed by atoms with Gasteiger partial charge in [-0.05, 0) is 38.2 Å². The summed E-state index contributed by atoms with van der Waals surface area (Å²) in [6.07, 6.45) is 15.4. The number of allylic oxidation sites excluding steroid dienone is 2. The molecular weight excluding hydrogens is 442 g/mol. The number of para-hydroxylation sites is 1. The molecule has 1 saturated heterocycles. The lowest BCUT2D eigenvalue weighted by molar-refractivity contribution is 0.182. The second kappa shape index (κ2) is 12.8. The summed E-state index contributed by atoms with van der Waals surface area (Å²) in [4.78, 5) is 5.29. The molecule has 2 aromatic rings. The summed E-state index contributed by atoms with van der Waals surface area (Å²) in [5, 5.41) is 9.56. The van der Waals surface area contributed by atoms with Gasteiger partial charge in [0.15, 0.2) is 0 Å². The van der Waals surface area contributed by atoms with Crippen LogP contribution in [-0.4, -0.2) is 53.9 Å². The topological polar surface area (TPSA) is 36.3 Å². The molecule has 2 heterocycles. The van der Waals surface area contributed by atoms with Crippen molar-refractivity contribution in [3.05, 3.63) is 48.8 Å². The molecule has 5 heteroatoms. The fourth-order valence-electron chi connectivity index (χ4n) is 6.55. The van der Waals surface area contributed by atoms with Crippen LogP contribution in [-0.2, 0) is 7.05 Å². The van der Waals surface area contributed by atoms with Crippen molar-refractivity contribution in [1.82, 2.24) is 20.0 Å². The Morgan fingerprint density at radius 1 is 1.14 bits per heavy atom. The number of hydrogen-bond donors (Lipinski definition) is 1. The van der Waals surface area contributed by atoms with Crippen LogP contribution < -0.4 is 10.2 Å². The maximum Gasteiger partial charge on any atom is 0.0915 e. The van der Waals surface area contributed by atoms with Crippen LogP contribution in [0.2, 0.25) is 0 Å². The Kier molecular flexibility index (Phi) is 9.53. The molecule has 1 N–H and O–H groups in total. The third-order valence-electron chi connectivity index (χ3n) is 8.84. The van der Waals surface area contributed by atoms with Crippen LogP contribution in [0.1, 0.15) is 82.7 Å². The zero-order chi connectivity index (χ0) is 25.5. The monoisotopic (exact) mass is 491 g/mol. The summed E-state index contributed by atoms with van der Waals surface area (Å²) in [7, 11) is 4.04. The predicted molar refractivity (Wildman–Crippen MR) is 155 cm³/mol. The van der Waals surface area contributed by atoms with E-state index in [9.17, 15) is 0 Å². The molecule has 1 aromatic carbocycles. The summed E-state index contributed by atoms with van der Waals surface area (Å²) in [5.41, 5.74) is 4.71. The van der Waals surface area contributed by atoms with Gasteiger partial charge in [0, 0.05) is 63.3 Å². The number of fused-ring (bicyclic) bond motifs is 1. The SMILES string of the molecule is C=CCCC(C(=C)NC)c1nn(C)c2c(N3CCN([C@@H](C)CCCC4CCCCC4)CC3)cccc12. The summed E-state index contributed by atoms with van der Waals surface area (Å²) >= 11 is 0. The van der Waals surface area contributed by atoms with Crippen LogP contribution in [0.5, 0.6) is 0 Å². The highest BCUT2D eigenvalue weighted by Crippen LogP contribution is 2.36. The van der Waals surface area contributed by atoms with E-state index in [1.807, 2.05) is 13.1 Å². The second-order valence-electron chi connectivity index (χ2n) is 11.2. The van der Waals surface area contributed by atoms with Crippen molar-refractivity contribution in [2.45, 2.75) is 83.1 Å². The van der Waals surface area contributed by atoms with Crippen molar-refractivity contribution in [3.63, 3.8) is 0 Å². The molecule has 2 atom stereocenters. The highest BCUT2D eigenvalue weighted by atomic mass is 15.3. The van der Waals surface area contributed by atoms with Gasteiger partial charge in [0.1, 0.15) is 0 Å². The zero-order valence-electron chi connectivity index (χ0n) is 23.1. The Labute approximate surface area is 219 Å². The number of hydrogen-bond acceptors (Lipinski definition) is 4. The van der Waals surface area contributed by atoms with E-state index in [2.05, 4.69) is 65.1 Å². The summed E-state index contributed by atoms with van der Waals surface area (Å²) in [6, 6.07) is 7.40. The molecule has 5 nitrogen and oxygen atoms in total. The van der Waals surface area contributed by atoms with Crippen LogP contribution in [0.3, 0.4) is 0 Å². The fourth-order valence-corrected chi connectivity index (χ4v) is 6.55. The van der Waals surface area contributed by atoms with Crippen molar-refractivity contribution in [2.24, 2.45) is 13.0 Å². The van der Waals surface area contributed by atoms with Gasteiger partial charge in [0.05, 0.1) is 16.9 Å². The molecule has 36 heavy (non-hydrogen) atoms. The minimum absolute atomic E-state index is 0.179. The van der Waals surface area contributed by atoms with E-state index in [0.717, 1.165) is 56.3 Å². The maximum atomic E-state index is 5.03. The van der Waals surface area contributed by atoms with Crippen molar-refractivity contribution >= 4 is 16.6 Å². The largest absolute Gasteiger partial charge is 0.391 e. The first kappa shape index (κ1) is 26.8. The summed E-state index contributed by atoms with van der Waals surface area (Å²) < 4.78 is 2.09. The highest BCUT2D eigenvalue weighted by Gasteiger charge is 2.26. The van der Waals surface area contributed by atoms with Crippen LogP contribution >= 0.6 is 0 Å². The molecular formula is C31H49N5. The minimum atomic E-state index is 0.179. The number of aryl methyl sites for hydroxylation is 1. The molecule has 198 valence electrons. The normalized spacial score (nSPS) is 19.4. The number of rotatable bonds is 12. The Bertz CT molecular complexity index is 994. The second-order valence-corrected chi connectivity index (χ2v) is 11.2. The third-order valence-corrected chi connectivity index (χ3v) is 8.84. The van der Waals surface area contributed by atoms with Crippen LogP contribution in [0.15, 0.2) is 43.1 Å². The van der Waals surface area contributed by atoms with Crippen molar-refractivity contribution in [2.75, 3.05) is 38.1 Å². The van der Waals surface area contributed by atoms with Gasteiger partial charge in [-0.15, -0.1) is 6.58 Å². The van der Waals surface area contributed by atoms with E-state index < -0.39 is 0 Å². The predicted octanol–water partition coefficient (Wildman–Crippen LogP) is 6.62. The first-order valence-corrected chi connectivity index (χ1v) is 14.5. The lowest BCUT2D eigenvalue weighted by Gasteiger charge is -2.39. The minimum Gasteiger partial charge on any atom is -0.391 e. The number of nitrogens with one attached hydrogen (secondary N) is 1. The Balaban J connectivity index is 1.40. The number of anilines is 1. The van der Waals surface area contributed by atoms with Gasteiger partial charge < -0.3 is 10.2 Å². The number of nitrogens with zero attached hydrogens (tertiary/aromatic N) is 4. The molecule has 2 aliphatic rings. The molecule has 0 amide bonds. The summed E-state index contributed by atoms with van der Waals surface area (Å²) in [6.45, 7) is 15.1. The van der Waals surface area contributed by atoms with Crippen LogP contribution in [0, 0.1) is 5.92 Å². The van der Waals surface area contributed by atoms with Crippen molar-refractivity contribution in [3.8, 4) is 0 Å². The molecule has 1 unspecified atom stereocenters. The summed E-state index contributed by atoms with van der Waals surface area (Å²) in [5.74, 6) is 1.19. The van der Waals surface area contributed by atoms with Crippen LogP contribution in [0.4, 0.5) is 5.69 Å². The molecule has 1 saturated carbocycles. The fraction of sp³-hybridized carbons (Fsp3) is 0.645. The van der Waals surface area contributed by atoms with Gasteiger partial charge in [-0.25, -0.2) is 0 Å². The van der Waals surface area contributed by atoms with E-state index in [1.54, 1.807) is 0 Å². The van der Waals surface area contributed by atoms with Gasteiger partial charge in [-0.3, -0.25) is 9.58 Å².